The summed E-state index contributed by atoms with van der Waals surface area (Å²) in [6.45, 7) is 3.85. The lowest BCUT2D eigenvalue weighted by atomic mass is 9.96. The van der Waals surface area contributed by atoms with Crippen molar-refractivity contribution in [3.63, 3.8) is 0 Å². The van der Waals surface area contributed by atoms with Gasteiger partial charge in [0.15, 0.2) is 12.2 Å². The molecule has 0 aromatic heterocycles. The Balaban J connectivity index is 2.48. The summed E-state index contributed by atoms with van der Waals surface area (Å²) in [6, 6.07) is 1.65. The van der Waals surface area contributed by atoms with Crippen LogP contribution >= 0.6 is 0 Å². The van der Waals surface area contributed by atoms with Gasteiger partial charge in [0.1, 0.15) is 18.8 Å². The van der Waals surface area contributed by atoms with Gasteiger partial charge in [0.2, 0.25) is 6.29 Å². The molecule has 0 saturated carbocycles. The number of esters is 4. The highest BCUT2D eigenvalue weighted by Gasteiger charge is 2.51. The topological polar surface area (TPSA) is 225 Å². The van der Waals surface area contributed by atoms with Crippen molar-refractivity contribution >= 4 is 40.9 Å². The maximum Gasteiger partial charge on any atom is 0.348 e. The van der Waals surface area contributed by atoms with E-state index in [9.17, 15) is 39.4 Å². The highest BCUT2D eigenvalue weighted by Crippen LogP contribution is 2.31. The molecular weight excluding hydrogens is 504 g/mol. The number of nitro benzene ring substituents is 2. The molecule has 1 saturated heterocycles. The minimum absolute atomic E-state index is 0.0347. The molecule has 1 aromatic rings. The standard InChI is InChI=1S/C20H24N4O13/c1-9(25)33-8-16-18(34-10(2)26)17(19(35-11(3)27)20(37-16)36-12(4)28)22-21-13-5-6-14(23(29)30)15(7-13)24(31)32/h5-7,16-22H,8H2,1-4H3/t16-,17+,18+,19+,20+/m0/s1. The van der Waals surface area contributed by atoms with Gasteiger partial charge in [-0.1, -0.05) is 0 Å². The second-order valence-corrected chi connectivity index (χ2v) is 7.62. The predicted octanol–water partition coefficient (Wildman–Crippen LogP) is 0.503. The molecule has 0 spiro atoms. The largest absolute Gasteiger partial charge is 0.463 e. The van der Waals surface area contributed by atoms with E-state index < -0.39 is 82.3 Å². The summed E-state index contributed by atoms with van der Waals surface area (Å²) in [5.74, 6) is -3.15. The van der Waals surface area contributed by atoms with Crippen LogP contribution in [0, 0.1) is 20.2 Å². The fourth-order valence-corrected chi connectivity index (χ4v) is 3.40. The molecule has 0 amide bonds. The minimum atomic E-state index is -1.56. The first-order valence-corrected chi connectivity index (χ1v) is 10.5. The molecule has 1 aliphatic rings. The van der Waals surface area contributed by atoms with Gasteiger partial charge in [0, 0.05) is 39.8 Å². The molecule has 1 heterocycles. The highest BCUT2D eigenvalue weighted by molar-refractivity contribution is 5.68. The van der Waals surface area contributed by atoms with Gasteiger partial charge in [-0.05, 0) is 6.07 Å². The van der Waals surface area contributed by atoms with E-state index in [1.807, 2.05) is 0 Å². The lowest BCUT2D eigenvalue weighted by Crippen LogP contribution is -2.67. The quantitative estimate of drug-likeness (QED) is 0.182. The highest BCUT2D eigenvalue weighted by atomic mass is 16.7. The van der Waals surface area contributed by atoms with Crippen LogP contribution in [0.2, 0.25) is 0 Å². The smallest absolute Gasteiger partial charge is 0.348 e. The first kappa shape index (κ1) is 28.9. The summed E-state index contributed by atoms with van der Waals surface area (Å²) in [5, 5.41) is 22.4. The molecule has 37 heavy (non-hydrogen) atoms. The molecule has 0 unspecified atom stereocenters. The molecule has 1 aliphatic heterocycles. The molecule has 5 atom stereocenters. The van der Waals surface area contributed by atoms with Crippen molar-refractivity contribution in [2.24, 2.45) is 0 Å². The number of anilines is 1. The van der Waals surface area contributed by atoms with Gasteiger partial charge in [-0.25, -0.2) is 5.43 Å². The van der Waals surface area contributed by atoms with Crippen LogP contribution in [0.1, 0.15) is 27.7 Å². The molecule has 0 radical (unpaired) electrons. The number of carbonyl (C=O) groups excluding carboxylic acids is 4. The van der Waals surface area contributed by atoms with E-state index in [1.54, 1.807) is 0 Å². The normalized spacial score (nSPS) is 22.8. The molecule has 17 heteroatoms. The van der Waals surface area contributed by atoms with Crippen LogP contribution in [0.3, 0.4) is 0 Å². The van der Waals surface area contributed by atoms with Crippen LogP contribution in [-0.2, 0) is 42.9 Å². The van der Waals surface area contributed by atoms with Crippen LogP contribution in [0.5, 0.6) is 0 Å². The molecule has 0 bridgehead atoms. The number of hydrogen-bond donors (Lipinski definition) is 2. The number of ether oxygens (including phenoxy) is 5. The zero-order valence-corrected chi connectivity index (χ0v) is 20.0. The number of nitrogens with one attached hydrogen (secondary N) is 2. The van der Waals surface area contributed by atoms with Gasteiger partial charge < -0.3 is 29.1 Å². The van der Waals surface area contributed by atoms with Gasteiger partial charge >= 0.3 is 35.3 Å². The zero-order chi connectivity index (χ0) is 27.9. The number of nitrogens with zero attached hydrogens (tertiary/aromatic N) is 2. The van der Waals surface area contributed by atoms with Crippen molar-refractivity contribution in [1.82, 2.24) is 5.43 Å². The number of hydrazine groups is 1. The summed E-state index contributed by atoms with van der Waals surface area (Å²) in [4.78, 5) is 67.2. The Morgan fingerprint density at radius 1 is 0.865 bits per heavy atom. The molecular formula is C20H24N4O13. The number of hydrogen-bond acceptors (Lipinski definition) is 15. The number of nitro groups is 2. The summed E-state index contributed by atoms with van der Waals surface area (Å²) in [5.41, 5.74) is 3.65. The fourth-order valence-electron chi connectivity index (χ4n) is 3.40. The average molecular weight is 528 g/mol. The third-order valence-electron chi connectivity index (χ3n) is 4.74. The number of carbonyl (C=O) groups is 4. The molecule has 202 valence electrons. The van der Waals surface area contributed by atoms with Crippen LogP contribution in [0.4, 0.5) is 17.1 Å². The Kier molecular flexibility index (Phi) is 9.78. The maximum absolute atomic E-state index is 11.9. The minimum Gasteiger partial charge on any atom is -0.463 e. The maximum atomic E-state index is 11.9. The van der Waals surface area contributed by atoms with Crippen LogP contribution in [0.25, 0.3) is 0 Å². The van der Waals surface area contributed by atoms with Crippen molar-refractivity contribution in [1.29, 1.82) is 0 Å². The summed E-state index contributed by atoms with van der Waals surface area (Å²) >= 11 is 0. The molecule has 2 rings (SSSR count). The van der Waals surface area contributed by atoms with E-state index in [1.165, 1.54) is 0 Å². The molecule has 0 aliphatic carbocycles. The Morgan fingerprint density at radius 3 is 1.95 bits per heavy atom. The third-order valence-corrected chi connectivity index (χ3v) is 4.74. The van der Waals surface area contributed by atoms with Gasteiger partial charge in [-0.2, -0.15) is 0 Å². The van der Waals surface area contributed by atoms with Crippen molar-refractivity contribution < 1.29 is 52.7 Å². The first-order chi connectivity index (χ1) is 17.3. The number of rotatable bonds is 10. The Labute approximate surface area is 208 Å². The van der Waals surface area contributed by atoms with Crippen molar-refractivity contribution in [3.05, 3.63) is 38.4 Å². The van der Waals surface area contributed by atoms with Crippen molar-refractivity contribution in [2.45, 2.75) is 58.3 Å². The molecule has 1 fully saturated rings. The van der Waals surface area contributed by atoms with E-state index in [0.29, 0.717) is 0 Å². The lowest BCUT2D eigenvalue weighted by molar-refractivity contribution is -0.422. The summed E-state index contributed by atoms with van der Waals surface area (Å²) in [7, 11) is 0. The summed E-state index contributed by atoms with van der Waals surface area (Å²) < 4.78 is 26.3. The average Bonchev–Trinajstić information content (AvgIpc) is 2.77. The van der Waals surface area contributed by atoms with Crippen LogP contribution in [0.15, 0.2) is 18.2 Å². The van der Waals surface area contributed by atoms with Crippen LogP contribution < -0.4 is 10.9 Å². The first-order valence-electron chi connectivity index (χ1n) is 10.5. The van der Waals surface area contributed by atoms with E-state index >= 15 is 0 Å². The number of benzene rings is 1. The van der Waals surface area contributed by atoms with E-state index in [0.717, 1.165) is 45.9 Å². The fraction of sp³-hybridized carbons (Fsp3) is 0.500. The molecule has 2 N–H and O–H groups in total. The van der Waals surface area contributed by atoms with Crippen molar-refractivity contribution in [2.75, 3.05) is 12.0 Å². The van der Waals surface area contributed by atoms with Gasteiger partial charge in [0.25, 0.3) is 0 Å². The second kappa shape index (κ2) is 12.5. The van der Waals surface area contributed by atoms with Gasteiger partial charge in [0.05, 0.1) is 15.5 Å². The van der Waals surface area contributed by atoms with E-state index in [2.05, 4.69) is 10.9 Å². The Hall–Kier alpha value is -4.38. The predicted molar refractivity (Wildman–Crippen MR) is 118 cm³/mol. The lowest BCUT2D eigenvalue weighted by Gasteiger charge is -2.44. The zero-order valence-electron chi connectivity index (χ0n) is 20.0. The second-order valence-electron chi connectivity index (χ2n) is 7.62. The van der Waals surface area contributed by atoms with E-state index in [4.69, 9.17) is 23.7 Å². The van der Waals surface area contributed by atoms with E-state index in [-0.39, 0.29) is 5.69 Å². The molecule has 1 aromatic carbocycles. The monoisotopic (exact) mass is 528 g/mol. The Morgan fingerprint density at radius 2 is 1.43 bits per heavy atom. The SMILES string of the molecule is CC(=O)OC[C@@H]1O[C@@H](OC(C)=O)[C@H](OC(C)=O)[C@H](NNc2ccc([N+](=O)[O-])c([N+](=O)[O-])c2)[C@@H]1OC(C)=O. The van der Waals surface area contributed by atoms with Crippen molar-refractivity contribution in [3.8, 4) is 0 Å². The van der Waals surface area contributed by atoms with Gasteiger partial charge in [-0.3, -0.25) is 39.4 Å². The van der Waals surface area contributed by atoms with Crippen LogP contribution in [-0.4, -0.2) is 71.0 Å². The Bertz CT molecular complexity index is 1080. The summed E-state index contributed by atoms with van der Waals surface area (Å²) in [6.07, 6.45) is -5.55. The van der Waals surface area contributed by atoms with Gasteiger partial charge in [-0.15, -0.1) is 0 Å². The molecule has 17 nitrogen and oxygen atoms in total. The third kappa shape index (κ3) is 8.07.